The first-order chi connectivity index (χ1) is 8.33. The van der Waals surface area contributed by atoms with Gasteiger partial charge in [0.1, 0.15) is 5.75 Å². The Morgan fingerprint density at radius 1 is 1.33 bits per heavy atom. The van der Waals surface area contributed by atoms with E-state index in [1.54, 1.807) is 13.0 Å². The van der Waals surface area contributed by atoms with Gasteiger partial charge >= 0.3 is 12.3 Å². The lowest BCUT2D eigenvalue weighted by Gasteiger charge is -2.15. The summed E-state index contributed by atoms with van der Waals surface area (Å²) < 4.78 is 45.4. The van der Waals surface area contributed by atoms with Crippen LogP contribution in [-0.4, -0.2) is 18.9 Å². The number of aryl methyl sites for hydroxylation is 1. The molecule has 0 saturated heterocycles. The van der Waals surface area contributed by atoms with Gasteiger partial charge in [-0.2, -0.15) is 0 Å². The van der Waals surface area contributed by atoms with E-state index in [4.69, 9.17) is 4.74 Å². The zero-order valence-corrected chi connectivity index (χ0v) is 10.0. The van der Waals surface area contributed by atoms with Crippen LogP contribution in [0, 0.1) is 6.92 Å². The van der Waals surface area contributed by atoms with Gasteiger partial charge in [-0.15, -0.1) is 13.2 Å². The summed E-state index contributed by atoms with van der Waals surface area (Å²) >= 11 is 0. The summed E-state index contributed by atoms with van der Waals surface area (Å²) in [5, 5.41) is 0. The molecular weight excluding hydrogens is 249 g/mol. The zero-order valence-electron chi connectivity index (χ0n) is 10.0. The highest BCUT2D eigenvalue weighted by Gasteiger charge is 2.33. The monoisotopic (exact) mass is 262 g/mol. The van der Waals surface area contributed by atoms with Gasteiger partial charge in [0.25, 0.3) is 0 Å². The molecular formula is C12H13F3O3. The fourth-order valence-corrected chi connectivity index (χ4v) is 1.48. The first kappa shape index (κ1) is 14.3. The van der Waals surface area contributed by atoms with Crippen molar-refractivity contribution in [1.29, 1.82) is 0 Å². The molecule has 0 heterocycles. The number of benzene rings is 1. The molecule has 0 N–H and O–H groups in total. The first-order valence-electron chi connectivity index (χ1n) is 5.33. The smallest absolute Gasteiger partial charge is 0.466 e. The molecule has 0 aliphatic carbocycles. The maximum atomic E-state index is 12.2. The average molecular weight is 262 g/mol. The molecule has 0 amide bonds. The van der Waals surface area contributed by atoms with Crippen molar-refractivity contribution in [2.75, 3.05) is 6.61 Å². The van der Waals surface area contributed by atoms with Crippen LogP contribution in [0.25, 0.3) is 0 Å². The van der Waals surface area contributed by atoms with Crippen molar-refractivity contribution in [2.24, 2.45) is 0 Å². The summed E-state index contributed by atoms with van der Waals surface area (Å²) in [6.45, 7) is 3.29. The van der Waals surface area contributed by atoms with Crippen molar-refractivity contribution in [3.63, 3.8) is 0 Å². The van der Waals surface area contributed by atoms with Gasteiger partial charge in [-0.25, -0.2) is 0 Å². The van der Waals surface area contributed by atoms with Crippen LogP contribution in [0.5, 0.6) is 5.75 Å². The summed E-state index contributed by atoms with van der Waals surface area (Å²) in [5.74, 6) is -0.923. The number of esters is 1. The molecule has 0 fully saturated rings. The number of carbonyl (C=O) groups is 1. The maximum absolute atomic E-state index is 12.2. The molecule has 0 radical (unpaired) electrons. The minimum absolute atomic E-state index is 0.158. The standard InChI is InChI=1S/C12H13F3O3/c1-3-17-10(16)7-9-6-4-5-8(2)11(9)18-12(13,14)15/h4-6H,3,7H2,1-2H3. The highest BCUT2D eigenvalue weighted by molar-refractivity contribution is 5.73. The SMILES string of the molecule is CCOC(=O)Cc1cccc(C)c1OC(F)(F)F. The topological polar surface area (TPSA) is 35.5 Å². The third-order valence-corrected chi connectivity index (χ3v) is 2.15. The Bertz CT molecular complexity index is 427. The first-order valence-corrected chi connectivity index (χ1v) is 5.33. The Labute approximate surface area is 103 Å². The van der Waals surface area contributed by atoms with E-state index in [9.17, 15) is 18.0 Å². The van der Waals surface area contributed by atoms with E-state index in [2.05, 4.69) is 4.74 Å². The summed E-state index contributed by atoms with van der Waals surface area (Å²) in [4.78, 5) is 11.3. The molecule has 1 aromatic rings. The van der Waals surface area contributed by atoms with Crippen molar-refractivity contribution in [2.45, 2.75) is 26.6 Å². The van der Waals surface area contributed by atoms with Gasteiger partial charge in [0, 0.05) is 5.56 Å². The zero-order chi connectivity index (χ0) is 13.8. The van der Waals surface area contributed by atoms with Crippen molar-refractivity contribution < 1.29 is 27.4 Å². The van der Waals surface area contributed by atoms with Gasteiger partial charge in [-0.1, -0.05) is 18.2 Å². The lowest BCUT2D eigenvalue weighted by atomic mass is 10.1. The summed E-state index contributed by atoms with van der Waals surface area (Å²) in [6, 6.07) is 4.45. The van der Waals surface area contributed by atoms with Crippen LogP contribution in [0.2, 0.25) is 0 Å². The van der Waals surface area contributed by atoms with Crippen LogP contribution in [0.15, 0.2) is 18.2 Å². The Kier molecular flexibility index (Phi) is 4.58. The van der Waals surface area contributed by atoms with Gasteiger partial charge < -0.3 is 9.47 Å². The average Bonchev–Trinajstić information content (AvgIpc) is 2.22. The molecule has 0 bridgehead atoms. The fraction of sp³-hybridized carbons (Fsp3) is 0.417. The van der Waals surface area contributed by atoms with Crippen LogP contribution < -0.4 is 4.74 Å². The van der Waals surface area contributed by atoms with Crippen LogP contribution in [0.3, 0.4) is 0 Å². The third kappa shape index (κ3) is 4.27. The number of alkyl halides is 3. The Morgan fingerprint density at radius 2 is 2.00 bits per heavy atom. The van der Waals surface area contributed by atoms with Crippen LogP contribution in [0.1, 0.15) is 18.1 Å². The number of hydrogen-bond acceptors (Lipinski definition) is 3. The van der Waals surface area contributed by atoms with E-state index in [1.807, 2.05) is 0 Å². The van der Waals surface area contributed by atoms with Crippen molar-refractivity contribution in [3.05, 3.63) is 29.3 Å². The highest BCUT2D eigenvalue weighted by atomic mass is 19.4. The molecule has 18 heavy (non-hydrogen) atoms. The minimum atomic E-state index is -4.78. The fourth-order valence-electron chi connectivity index (χ4n) is 1.48. The summed E-state index contributed by atoms with van der Waals surface area (Å²) in [7, 11) is 0. The van der Waals surface area contributed by atoms with E-state index in [1.165, 1.54) is 19.1 Å². The number of ether oxygens (including phenoxy) is 2. The molecule has 0 unspecified atom stereocenters. The molecule has 0 saturated carbocycles. The number of rotatable bonds is 4. The normalized spacial score (nSPS) is 11.2. The van der Waals surface area contributed by atoms with E-state index < -0.39 is 12.3 Å². The predicted octanol–water partition coefficient (Wildman–Crippen LogP) is 3.00. The second-order valence-corrected chi connectivity index (χ2v) is 3.59. The van der Waals surface area contributed by atoms with E-state index in [0.717, 1.165) is 0 Å². The van der Waals surface area contributed by atoms with Crippen LogP contribution >= 0.6 is 0 Å². The van der Waals surface area contributed by atoms with Gasteiger partial charge in [0.05, 0.1) is 13.0 Å². The molecule has 0 aliphatic heterocycles. The molecule has 0 atom stereocenters. The highest BCUT2D eigenvalue weighted by Crippen LogP contribution is 2.30. The molecule has 6 heteroatoms. The van der Waals surface area contributed by atoms with E-state index >= 15 is 0 Å². The molecule has 0 spiro atoms. The lowest BCUT2D eigenvalue weighted by molar-refractivity contribution is -0.275. The number of para-hydroxylation sites is 1. The minimum Gasteiger partial charge on any atom is -0.466 e. The maximum Gasteiger partial charge on any atom is 0.573 e. The quantitative estimate of drug-likeness (QED) is 0.782. The molecule has 100 valence electrons. The largest absolute Gasteiger partial charge is 0.573 e. The number of halogens is 3. The van der Waals surface area contributed by atoms with Gasteiger partial charge in [-0.05, 0) is 19.4 Å². The Hall–Kier alpha value is -1.72. The van der Waals surface area contributed by atoms with Crippen LogP contribution in [-0.2, 0) is 16.0 Å². The summed E-state index contributed by atoms with van der Waals surface area (Å²) in [5.41, 5.74) is 0.472. The molecule has 3 nitrogen and oxygen atoms in total. The van der Waals surface area contributed by atoms with Gasteiger partial charge in [-0.3, -0.25) is 4.79 Å². The molecule has 1 rings (SSSR count). The second-order valence-electron chi connectivity index (χ2n) is 3.59. The van der Waals surface area contributed by atoms with Crippen molar-refractivity contribution in [1.82, 2.24) is 0 Å². The van der Waals surface area contributed by atoms with Gasteiger partial charge in [0.2, 0.25) is 0 Å². The van der Waals surface area contributed by atoms with Crippen molar-refractivity contribution in [3.8, 4) is 5.75 Å². The molecule has 1 aromatic carbocycles. The predicted molar refractivity (Wildman–Crippen MR) is 58.2 cm³/mol. The lowest BCUT2D eigenvalue weighted by Crippen LogP contribution is -2.19. The van der Waals surface area contributed by atoms with E-state index in [0.29, 0.717) is 5.56 Å². The van der Waals surface area contributed by atoms with Gasteiger partial charge in [0.15, 0.2) is 0 Å². The second kappa shape index (κ2) is 5.75. The number of carbonyl (C=O) groups excluding carboxylic acids is 1. The van der Waals surface area contributed by atoms with Crippen molar-refractivity contribution >= 4 is 5.97 Å². The Balaban J connectivity index is 2.97. The number of hydrogen-bond donors (Lipinski definition) is 0. The Morgan fingerprint density at radius 3 is 2.56 bits per heavy atom. The van der Waals surface area contributed by atoms with E-state index in [-0.39, 0.29) is 24.3 Å². The third-order valence-electron chi connectivity index (χ3n) is 2.15. The summed E-state index contributed by atoms with van der Waals surface area (Å²) in [6.07, 6.45) is -5.03. The molecule has 0 aromatic heterocycles. The molecule has 0 aliphatic rings. The van der Waals surface area contributed by atoms with Crippen LogP contribution in [0.4, 0.5) is 13.2 Å².